The van der Waals surface area contributed by atoms with Gasteiger partial charge in [-0.1, -0.05) is 24.3 Å². The van der Waals surface area contributed by atoms with Gasteiger partial charge in [0.15, 0.2) is 0 Å². The van der Waals surface area contributed by atoms with Gasteiger partial charge >= 0.3 is 0 Å². The molecule has 1 atom stereocenters. The maximum absolute atomic E-state index is 12.7. The average Bonchev–Trinajstić information content (AvgIpc) is 3.05. The lowest BCUT2D eigenvalue weighted by atomic mass is 9.92. The Labute approximate surface area is 142 Å². The smallest absolute Gasteiger partial charge is 0.270 e. The van der Waals surface area contributed by atoms with Crippen LogP contribution in [0.1, 0.15) is 44.1 Å². The van der Waals surface area contributed by atoms with Gasteiger partial charge in [0.1, 0.15) is 5.69 Å². The predicted octanol–water partition coefficient (Wildman–Crippen LogP) is 2.75. The molecule has 1 aromatic carbocycles. The highest BCUT2D eigenvalue weighted by atomic mass is 16.2. The van der Waals surface area contributed by atoms with E-state index in [4.69, 9.17) is 0 Å². The van der Waals surface area contributed by atoms with Crippen LogP contribution in [0.15, 0.2) is 36.4 Å². The fraction of sp³-hybridized carbons (Fsp3) is 0.421. The first-order chi connectivity index (χ1) is 11.4. The summed E-state index contributed by atoms with van der Waals surface area (Å²) in [5, 5.41) is 4.08. The van der Waals surface area contributed by atoms with Crippen LogP contribution in [0.5, 0.6) is 0 Å². The molecule has 0 radical (unpaired) electrons. The summed E-state index contributed by atoms with van der Waals surface area (Å²) in [6, 6.07) is 11.4. The summed E-state index contributed by atoms with van der Waals surface area (Å²) >= 11 is 0. The number of carbonyl (C=O) groups excluding carboxylic acids is 2. The van der Waals surface area contributed by atoms with E-state index in [-0.39, 0.29) is 17.9 Å². The minimum Gasteiger partial charge on any atom is -0.344 e. The summed E-state index contributed by atoms with van der Waals surface area (Å²) in [6.07, 6.45) is 1.87. The van der Waals surface area contributed by atoms with Crippen molar-refractivity contribution in [3.8, 4) is 0 Å². The van der Waals surface area contributed by atoms with E-state index in [1.165, 1.54) is 0 Å². The zero-order valence-electron chi connectivity index (χ0n) is 14.4. The van der Waals surface area contributed by atoms with Crippen LogP contribution in [-0.4, -0.2) is 39.8 Å². The Hall–Kier alpha value is -2.43. The summed E-state index contributed by atoms with van der Waals surface area (Å²) in [6.45, 7) is 6.28. The predicted molar refractivity (Wildman–Crippen MR) is 93.7 cm³/mol. The van der Waals surface area contributed by atoms with E-state index in [9.17, 15) is 9.59 Å². The van der Waals surface area contributed by atoms with E-state index < -0.39 is 5.54 Å². The van der Waals surface area contributed by atoms with Crippen LogP contribution in [0, 0.1) is 0 Å². The van der Waals surface area contributed by atoms with Gasteiger partial charge in [-0.25, -0.2) is 4.98 Å². The Morgan fingerprint density at radius 1 is 1.21 bits per heavy atom. The van der Waals surface area contributed by atoms with Gasteiger partial charge in [-0.2, -0.15) is 0 Å². The van der Waals surface area contributed by atoms with Crippen molar-refractivity contribution in [3.63, 3.8) is 0 Å². The molecule has 0 bridgehead atoms. The lowest BCUT2D eigenvalue weighted by Crippen LogP contribution is -2.57. The number of carbonyl (C=O) groups is 2. The van der Waals surface area contributed by atoms with Gasteiger partial charge in [0.25, 0.3) is 5.91 Å². The molecule has 2 heterocycles. The third kappa shape index (κ3) is 3.11. The maximum atomic E-state index is 12.7. The van der Waals surface area contributed by atoms with Crippen molar-refractivity contribution >= 4 is 22.7 Å². The van der Waals surface area contributed by atoms with Crippen molar-refractivity contribution in [2.24, 2.45) is 0 Å². The Kier molecular flexibility index (Phi) is 4.26. The van der Waals surface area contributed by atoms with Crippen molar-refractivity contribution in [1.82, 2.24) is 15.2 Å². The van der Waals surface area contributed by atoms with Crippen molar-refractivity contribution in [2.45, 2.75) is 45.2 Å². The Balaban J connectivity index is 1.80. The minimum atomic E-state index is -0.507. The third-order valence-corrected chi connectivity index (χ3v) is 4.76. The number of nitrogens with one attached hydrogen (secondary N) is 1. The molecule has 0 spiro atoms. The molecule has 1 aliphatic rings. The Bertz CT molecular complexity index is 785. The van der Waals surface area contributed by atoms with Crippen LogP contribution >= 0.6 is 0 Å². The van der Waals surface area contributed by atoms with Crippen molar-refractivity contribution < 1.29 is 9.59 Å². The normalized spacial score (nSPS) is 18.0. The number of hydrogen-bond donors (Lipinski definition) is 1. The third-order valence-electron chi connectivity index (χ3n) is 4.76. The fourth-order valence-electron chi connectivity index (χ4n) is 3.53. The number of rotatable bonds is 3. The number of pyridine rings is 1. The van der Waals surface area contributed by atoms with E-state index in [0.29, 0.717) is 5.69 Å². The maximum Gasteiger partial charge on any atom is 0.270 e. The quantitative estimate of drug-likeness (QED) is 0.944. The van der Waals surface area contributed by atoms with Crippen LogP contribution in [0.4, 0.5) is 0 Å². The molecule has 2 aromatic rings. The average molecular weight is 325 g/mol. The summed E-state index contributed by atoms with van der Waals surface area (Å²) in [5.74, 6) is -0.148. The molecule has 2 amide bonds. The van der Waals surface area contributed by atoms with Crippen molar-refractivity contribution in [2.75, 3.05) is 6.54 Å². The van der Waals surface area contributed by atoms with E-state index >= 15 is 0 Å². The SMILES string of the molecule is CC(=O)N1CCCC1C(C)(C)NC(=O)c1ccc2ccccc2n1. The molecule has 3 rings (SSSR count). The summed E-state index contributed by atoms with van der Waals surface area (Å²) in [5.41, 5.74) is 0.690. The van der Waals surface area contributed by atoms with Gasteiger partial charge in [-0.3, -0.25) is 9.59 Å². The second-order valence-electron chi connectivity index (χ2n) is 6.94. The molecule has 1 fully saturated rings. The van der Waals surface area contributed by atoms with E-state index in [1.807, 2.05) is 49.1 Å². The number of likely N-dealkylation sites (tertiary alicyclic amines) is 1. The van der Waals surface area contributed by atoms with Gasteiger partial charge in [0.05, 0.1) is 17.1 Å². The summed E-state index contributed by atoms with van der Waals surface area (Å²) < 4.78 is 0. The zero-order valence-corrected chi connectivity index (χ0v) is 14.4. The van der Waals surface area contributed by atoms with Crippen LogP contribution in [0.3, 0.4) is 0 Å². The topological polar surface area (TPSA) is 62.3 Å². The molecule has 1 aliphatic heterocycles. The van der Waals surface area contributed by atoms with Crippen LogP contribution in [-0.2, 0) is 4.79 Å². The molecule has 5 nitrogen and oxygen atoms in total. The largest absolute Gasteiger partial charge is 0.344 e. The Morgan fingerprint density at radius 2 is 1.96 bits per heavy atom. The van der Waals surface area contributed by atoms with Gasteiger partial charge in [0, 0.05) is 18.9 Å². The number of benzene rings is 1. The van der Waals surface area contributed by atoms with E-state index in [0.717, 1.165) is 30.3 Å². The van der Waals surface area contributed by atoms with Gasteiger partial charge in [-0.05, 0) is 38.8 Å². The highest BCUT2D eigenvalue weighted by Gasteiger charge is 2.39. The molecule has 24 heavy (non-hydrogen) atoms. The van der Waals surface area contributed by atoms with Crippen LogP contribution < -0.4 is 5.32 Å². The lowest BCUT2D eigenvalue weighted by Gasteiger charge is -2.38. The number of para-hydroxylation sites is 1. The molecule has 1 N–H and O–H groups in total. The second-order valence-corrected chi connectivity index (χ2v) is 6.94. The van der Waals surface area contributed by atoms with Crippen LogP contribution in [0.25, 0.3) is 10.9 Å². The highest BCUT2D eigenvalue weighted by Crippen LogP contribution is 2.27. The zero-order chi connectivity index (χ0) is 17.3. The second kappa shape index (κ2) is 6.23. The van der Waals surface area contributed by atoms with Gasteiger partial charge < -0.3 is 10.2 Å². The number of hydrogen-bond acceptors (Lipinski definition) is 3. The Morgan fingerprint density at radius 3 is 2.71 bits per heavy atom. The highest BCUT2D eigenvalue weighted by molar-refractivity contribution is 5.95. The fourth-order valence-corrected chi connectivity index (χ4v) is 3.53. The molecular formula is C19H23N3O2. The van der Waals surface area contributed by atoms with E-state index in [1.54, 1.807) is 13.0 Å². The molecule has 126 valence electrons. The van der Waals surface area contributed by atoms with Crippen LogP contribution in [0.2, 0.25) is 0 Å². The lowest BCUT2D eigenvalue weighted by molar-refractivity contribution is -0.130. The molecule has 1 unspecified atom stereocenters. The van der Waals surface area contributed by atoms with Crippen molar-refractivity contribution in [3.05, 3.63) is 42.1 Å². The molecule has 0 saturated carbocycles. The standard InChI is InChI=1S/C19H23N3O2/c1-13(23)22-12-6-9-17(22)19(2,3)21-18(24)16-11-10-14-7-4-5-8-15(14)20-16/h4-5,7-8,10-11,17H,6,9,12H2,1-3H3,(H,21,24). The van der Waals surface area contributed by atoms with Crippen molar-refractivity contribution in [1.29, 1.82) is 0 Å². The number of nitrogens with zero attached hydrogens (tertiary/aromatic N) is 2. The van der Waals surface area contributed by atoms with E-state index in [2.05, 4.69) is 10.3 Å². The first-order valence-electron chi connectivity index (χ1n) is 8.34. The molecule has 0 aliphatic carbocycles. The number of amides is 2. The van der Waals surface area contributed by atoms with Gasteiger partial charge in [0.2, 0.25) is 5.91 Å². The molecular weight excluding hydrogens is 302 g/mol. The number of aromatic nitrogens is 1. The number of fused-ring (bicyclic) bond motifs is 1. The molecule has 5 heteroatoms. The molecule has 1 saturated heterocycles. The summed E-state index contributed by atoms with van der Waals surface area (Å²) in [7, 11) is 0. The molecule has 1 aromatic heterocycles. The minimum absolute atomic E-state index is 0.0133. The first kappa shape index (κ1) is 16.4. The first-order valence-corrected chi connectivity index (χ1v) is 8.34. The van der Waals surface area contributed by atoms with Gasteiger partial charge in [-0.15, -0.1) is 0 Å². The summed E-state index contributed by atoms with van der Waals surface area (Å²) in [4.78, 5) is 30.8. The monoisotopic (exact) mass is 325 g/mol.